The van der Waals surface area contributed by atoms with Crippen LogP contribution in [0.1, 0.15) is 22.4 Å². The van der Waals surface area contributed by atoms with E-state index in [2.05, 4.69) is 48.0 Å². The average molecular weight is 395 g/mol. The Labute approximate surface area is 169 Å². The molecule has 0 fully saturated rings. The van der Waals surface area contributed by atoms with Gasteiger partial charge in [0.05, 0.1) is 6.04 Å². The molecule has 3 nitrogen and oxygen atoms in total. The minimum Gasteiger partial charge on any atom is -0.474 e. The average Bonchev–Trinajstić information content (AvgIpc) is 3.34. The molecule has 2 heterocycles. The van der Waals surface area contributed by atoms with Gasteiger partial charge in [0.1, 0.15) is 18.1 Å². The van der Waals surface area contributed by atoms with Gasteiger partial charge >= 0.3 is 0 Å². The standard InChI is InChI=1S/C23H23FN2OS/c1-17-4-6-18(7-5-17)13-26-12-2-3-22(26)23-25-21(14-27-23)16-28-15-19-8-10-20(24)11-9-19/h2-12,21H,13-16H2,1H3. The van der Waals surface area contributed by atoms with E-state index in [1.54, 1.807) is 11.8 Å². The number of hydrogen-bond acceptors (Lipinski definition) is 3. The summed E-state index contributed by atoms with van der Waals surface area (Å²) < 4.78 is 21.0. The smallest absolute Gasteiger partial charge is 0.233 e. The first-order valence-electron chi connectivity index (χ1n) is 9.41. The number of halogens is 1. The lowest BCUT2D eigenvalue weighted by Crippen LogP contribution is -2.11. The maximum atomic E-state index is 13.0. The van der Waals surface area contributed by atoms with E-state index >= 15 is 0 Å². The van der Waals surface area contributed by atoms with E-state index in [9.17, 15) is 4.39 Å². The van der Waals surface area contributed by atoms with Gasteiger partial charge < -0.3 is 9.30 Å². The zero-order chi connectivity index (χ0) is 19.3. The lowest BCUT2D eigenvalue weighted by Gasteiger charge is -2.09. The van der Waals surface area contributed by atoms with Crippen molar-refractivity contribution < 1.29 is 9.13 Å². The van der Waals surface area contributed by atoms with E-state index in [-0.39, 0.29) is 11.9 Å². The fourth-order valence-electron chi connectivity index (χ4n) is 3.17. The van der Waals surface area contributed by atoms with Crippen molar-refractivity contribution in [3.8, 4) is 0 Å². The SMILES string of the molecule is Cc1ccc(Cn2cccc2C2=NC(CSCc3ccc(F)cc3)CO2)cc1. The Balaban J connectivity index is 1.35. The molecule has 0 spiro atoms. The summed E-state index contributed by atoms with van der Waals surface area (Å²) in [7, 11) is 0. The molecule has 5 heteroatoms. The number of hydrogen-bond donors (Lipinski definition) is 0. The first-order chi connectivity index (χ1) is 13.7. The van der Waals surface area contributed by atoms with Crippen LogP contribution in [0.2, 0.25) is 0 Å². The second-order valence-electron chi connectivity index (χ2n) is 7.05. The predicted molar refractivity (Wildman–Crippen MR) is 114 cm³/mol. The molecule has 3 aromatic rings. The van der Waals surface area contributed by atoms with Gasteiger partial charge in [-0.15, -0.1) is 0 Å². The van der Waals surface area contributed by atoms with Crippen LogP contribution in [0.15, 0.2) is 71.9 Å². The summed E-state index contributed by atoms with van der Waals surface area (Å²) >= 11 is 1.80. The van der Waals surface area contributed by atoms with E-state index in [0.717, 1.165) is 35.2 Å². The highest BCUT2D eigenvalue weighted by atomic mass is 32.2. The molecule has 144 valence electrons. The van der Waals surface area contributed by atoms with Crippen LogP contribution in [0.4, 0.5) is 4.39 Å². The molecule has 2 aromatic carbocycles. The number of aromatic nitrogens is 1. The van der Waals surface area contributed by atoms with E-state index in [1.807, 2.05) is 18.2 Å². The second kappa shape index (κ2) is 8.65. The van der Waals surface area contributed by atoms with Crippen LogP contribution in [0.25, 0.3) is 0 Å². The van der Waals surface area contributed by atoms with Crippen LogP contribution >= 0.6 is 11.8 Å². The highest BCUT2D eigenvalue weighted by Gasteiger charge is 2.22. The molecular weight excluding hydrogens is 371 g/mol. The first kappa shape index (κ1) is 18.8. The fourth-order valence-corrected chi connectivity index (χ4v) is 4.16. The van der Waals surface area contributed by atoms with Crippen molar-refractivity contribution in [2.24, 2.45) is 4.99 Å². The van der Waals surface area contributed by atoms with Gasteiger partial charge in [-0.25, -0.2) is 9.38 Å². The lowest BCUT2D eigenvalue weighted by molar-refractivity contribution is 0.323. The van der Waals surface area contributed by atoms with Crippen LogP contribution in [-0.4, -0.2) is 28.9 Å². The van der Waals surface area contributed by atoms with Crippen LogP contribution in [0.3, 0.4) is 0 Å². The van der Waals surface area contributed by atoms with Gasteiger partial charge in [-0.2, -0.15) is 11.8 Å². The Kier molecular flexibility index (Phi) is 5.81. The topological polar surface area (TPSA) is 26.5 Å². The lowest BCUT2D eigenvalue weighted by atomic mass is 10.1. The Morgan fingerprint density at radius 1 is 1.07 bits per heavy atom. The van der Waals surface area contributed by atoms with Crippen molar-refractivity contribution in [2.45, 2.75) is 25.3 Å². The number of aryl methyl sites for hydroxylation is 1. The molecule has 4 rings (SSSR count). The molecule has 0 amide bonds. The minimum absolute atomic E-state index is 0.156. The Bertz CT molecular complexity index is 947. The van der Waals surface area contributed by atoms with Gasteiger partial charge in [-0.05, 0) is 42.3 Å². The Morgan fingerprint density at radius 3 is 2.61 bits per heavy atom. The number of ether oxygens (including phenoxy) is 1. The van der Waals surface area contributed by atoms with Crippen LogP contribution < -0.4 is 0 Å². The Morgan fingerprint density at radius 2 is 1.82 bits per heavy atom. The molecule has 1 aliphatic heterocycles. The maximum Gasteiger partial charge on any atom is 0.233 e. The van der Waals surface area contributed by atoms with Gasteiger partial charge in [0.25, 0.3) is 0 Å². The van der Waals surface area contributed by atoms with E-state index in [1.165, 1.54) is 23.3 Å². The van der Waals surface area contributed by atoms with Crippen molar-refractivity contribution in [3.05, 3.63) is 95.1 Å². The summed E-state index contributed by atoms with van der Waals surface area (Å²) in [4.78, 5) is 4.78. The van der Waals surface area contributed by atoms with E-state index in [4.69, 9.17) is 9.73 Å². The van der Waals surface area contributed by atoms with Gasteiger partial charge in [-0.3, -0.25) is 0 Å². The summed E-state index contributed by atoms with van der Waals surface area (Å²) in [6.45, 7) is 3.51. The van der Waals surface area contributed by atoms with Crippen molar-refractivity contribution in [1.29, 1.82) is 0 Å². The maximum absolute atomic E-state index is 13.0. The molecule has 1 aliphatic rings. The molecule has 0 radical (unpaired) electrons. The normalized spacial score (nSPS) is 16.1. The van der Waals surface area contributed by atoms with Gasteiger partial charge in [0.2, 0.25) is 5.90 Å². The molecular formula is C23H23FN2OS. The third-order valence-electron chi connectivity index (χ3n) is 4.73. The van der Waals surface area contributed by atoms with Crippen LogP contribution in [-0.2, 0) is 17.0 Å². The summed E-state index contributed by atoms with van der Waals surface area (Å²) in [5.41, 5.74) is 4.67. The monoisotopic (exact) mass is 394 g/mol. The molecule has 1 unspecified atom stereocenters. The third-order valence-corrected chi connectivity index (χ3v) is 5.88. The summed E-state index contributed by atoms with van der Waals surface area (Å²) in [6, 6.07) is 19.5. The highest BCUT2D eigenvalue weighted by Crippen LogP contribution is 2.20. The summed E-state index contributed by atoms with van der Waals surface area (Å²) in [5.74, 6) is 2.27. The zero-order valence-corrected chi connectivity index (χ0v) is 16.7. The highest BCUT2D eigenvalue weighted by molar-refractivity contribution is 7.98. The van der Waals surface area contributed by atoms with E-state index in [0.29, 0.717) is 6.61 Å². The number of aliphatic imine (C=N–C) groups is 1. The molecule has 0 bridgehead atoms. The molecule has 1 atom stereocenters. The number of nitrogens with zero attached hydrogens (tertiary/aromatic N) is 2. The molecule has 0 saturated heterocycles. The molecule has 0 aliphatic carbocycles. The number of benzene rings is 2. The summed E-state index contributed by atoms with van der Waals surface area (Å²) in [6.07, 6.45) is 2.07. The molecule has 0 saturated carbocycles. The third kappa shape index (κ3) is 4.65. The Hall–Kier alpha value is -2.53. The largest absolute Gasteiger partial charge is 0.474 e. The number of thioether (sulfide) groups is 1. The number of rotatable bonds is 7. The van der Waals surface area contributed by atoms with Crippen LogP contribution in [0, 0.1) is 12.7 Å². The second-order valence-corrected chi connectivity index (χ2v) is 8.08. The van der Waals surface area contributed by atoms with Crippen molar-refractivity contribution in [2.75, 3.05) is 12.4 Å². The van der Waals surface area contributed by atoms with Gasteiger partial charge in [0.15, 0.2) is 0 Å². The van der Waals surface area contributed by atoms with Crippen molar-refractivity contribution in [3.63, 3.8) is 0 Å². The van der Waals surface area contributed by atoms with Crippen LogP contribution in [0.5, 0.6) is 0 Å². The minimum atomic E-state index is -0.194. The molecule has 1 aromatic heterocycles. The predicted octanol–water partition coefficient (Wildman–Crippen LogP) is 5.06. The van der Waals surface area contributed by atoms with E-state index < -0.39 is 0 Å². The fraction of sp³-hybridized carbons (Fsp3) is 0.261. The van der Waals surface area contributed by atoms with Crippen molar-refractivity contribution >= 4 is 17.7 Å². The van der Waals surface area contributed by atoms with Gasteiger partial charge in [0, 0.05) is 24.2 Å². The molecule has 0 N–H and O–H groups in total. The van der Waals surface area contributed by atoms with Gasteiger partial charge in [-0.1, -0.05) is 42.0 Å². The first-order valence-corrected chi connectivity index (χ1v) is 10.6. The summed E-state index contributed by atoms with van der Waals surface area (Å²) in [5, 5.41) is 0. The zero-order valence-electron chi connectivity index (χ0n) is 15.8. The molecule has 28 heavy (non-hydrogen) atoms. The quantitative estimate of drug-likeness (QED) is 0.560. The van der Waals surface area contributed by atoms with Crippen molar-refractivity contribution in [1.82, 2.24) is 4.57 Å².